The number of ether oxygens (including phenoxy) is 1. The predicted molar refractivity (Wildman–Crippen MR) is 126 cm³/mol. The van der Waals surface area contributed by atoms with Gasteiger partial charge < -0.3 is 19.8 Å². The summed E-state index contributed by atoms with van der Waals surface area (Å²) >= 11 is 0. The zero-order valence-corrected chi connectivity index (χ0v) is 19.9. The Balaban J connectivity index is 1.81. The number of nitrogens with zero attached hydrogens (tertiary/aromatic N) is 3. The monoisotopic (exact) mass is 483 g/mol. The largest absolute Gasteiger partial charge is 0.487 e. The Morgan fingerprint density at radius 3 is 2.31 bits per heavy atom. The van der Waals surface area contributed by atoms with Crippen molar-refractivity contribution in [2.24, 2.45) is 0 Å². The van der Waals surface area contributed by atoms with Crippen LogP contribution in [0.2, 0.25) is 0 Å². The van der Waals surface area contributed by atoms with Crippen molar-refractivity contribution in [3.63, 3.8) is 0 Å². The third-order valence-corrected chi connectivity index (χ3v) is 5.74. The number of carbonyl (C=O) groups excluding carboxylic acids is 1. The minimum Gasteiger partial charge on any atom is -0.487 e. The van der Waals surface area contributed by atoms with Gasteiger partial charge in [0.1, 0.15) is 23.6 Å². The molecule has 3 aromatic rings. The van der Waals surface area contributed by atoms with Crippen LogP contribution in [0.3, 0.4) is 0 Å². The zero-order chi connectivity index (χ0) is 25.5. The Hall–Kier alpha value is -3.43. The van der Waals surface area contributed by atoms with Gasteiger partial charge in [-0.15, -0.1) is 0 Å². The molecule has 3 heterocycles. The second-order valence-corrected chi connectivity index (χ2v) is 9.49. The molecule has 0 fully saturated rings. The van der Waals surface area contributed by atoms with E-state index in [1.54, 1.807) is 70.2 Å². The maximum atomic E-state index is 13.5. The van der Waals surface area contributed by atoms with E-state index in [1.807, 2.05) is 0 Å². The fourth-order valence-electron chi connectivity index (χ4n) is 3.89. The van der Waals surface area contributed by atoms with Gasteiger partial charge in [0, 0.05) is 16.7 Å². The van der Waals surface area contributed by atoms with E-state index < -0.39 is 24.2 Å². The molecule has 1 amide bonds. The Bertz CT molecular complexity index is 1250. The zero-order valence-electron chi connectivity index (χ0n) is 19.9. The number of halogens is 2. The number of carbonyl (C=O) groups is 1. The highest BCUT2D eigenvalue weighted by molar-refractivity contribution is 6.11. The van der Waals surface area contributed by atoms with Crippen molar-refractivity contribution in [2.45, 2.75) is 51.9 Å². The highest BCUT2D eigenvalue weighted by Crippen LogP contribution is 2.39. The molecular weight excluding hydrogens is 456 g/mol. The number of rotatable bonds is 7. The molecule has 35 heavy (non-hydrogen) atoms. The SMILES string of the molecule is CC(C)(O)c1ccc(N2Cc3c(cc(C(C)(C)O)nc3-c3ccccc3OCC(F)F)C2=O)cn1. The first kappa shape index (κ1) is 24.7. The molecule has 0 spiro atoms. The lowest BCUT2D eigenvalue weighted by atomic mass is 9.96. The second kappa shape index (κ2) is 8.98. The van der Waals surface area contributed by atoms with Crippen molar-refractivity contribution in [2.75, 3.05) is 11.5 Å². The number of benzene rings is 1. The van der Waals surface area contributed by atoms with Gasteiger partial charge in [-0.25, -0.2) is 13.8 Å². The molecule has 0 radical (unpaired) electrons. The highest BCUT2D eigenvalue weighted by Gasteiger charge is 2.35. The van der Waals surface area contributed by atoms with E-state index in [0.29, 0.717) is 33.8 Å². The van der Waals surface area contributed by atoms with Crippen LogP contribution in [0, 0.1) is 0 Å². The molecule has 0 bridgehead atoms. The molecule has 0 saturated heterocycles. The fourth-order valence-corrected chi connectivity index (χ4v) is 3.89. The lowest BCUT2D eigenvalue weighted by Gasteiger charge is -2.20. The van der Waals surface area contributed by atoms with E-state index in [-0.39, 0.29) is 23.9 Å². The third-order valence-electron chi connectivity index (χ3n) is 5.74. The number of amides is 1. The summed E-state index contributed by atoms with van der Waals surface area (Å²) < 4.78 is 31.0. The van der Waals surface area contributed by atoms with Crippen molar-refractivity contribution < 1.29 is 28.5 Å². The lowest BCUT2D eigenvalue weighted by molar-refractivity contribution is 0.0733. The maximum absolute atomic E-state index is 13.5. The van der Waals surface area contributed by atoms with Gasteiger partial charge in [-0.1, -0.05) is 12.1 Å². The number of alkyl halides is 2. The van der Waals surface area contributed by atoms with Gasteiger partial charge in [0.25, 0.3) is 12.3 Å². The first-order valence-corrected chi connectivity index (χ1v) is 11.1. The Morgan fingerprint density at radius 2 is 1.71 bits per heavy atom. The Morgan fingerprint density at radius 1 is 1.03 bits per heavy atom. The van der Waals surface area contributed by atoms with Crippen molar-refractivity contribution in [1.29, 1.82) is 0 Å². The maximum Gasteiger partial charge on any atom is 0.272 e. The Labute approximate surface area is 202 Å². The second-order valence-electron chi connectivity index (χ2n) is 9.49. The van der Waals surface area contributed by atoms with Crippen molar-refractivity contribution in [3.8, 4) is 17.0 Å². The predicted octanol–water partition coefficient (Wildman–Crippen LogP) is 4.40. The van der Waals surface area contributed by atoms with Gasteiger partial charge in [0.2, 0.25) is 0 Å². The molecule has 0 atom stereocenters. The molecule has 4 rings (SSSR count). The van der Waals surface area contributed by atoms with Crippen molar-refractivity contribution in [3.05, 3.63) is 71.2 Å². The average molecular weight is 484 g/mol. The van der Waals surface area contributed by atoms with Crippen LogP contribution in [0.1, 0.15) is 55.0 Å². The molecule has 9 heteroatoms. The standard InChI is InChI=1S/C26H27F2N3O4/c1-25(2,33)20-10-9-15(12-29-20)31-13-18-17(24(31)32)11-21(26(3,4)34)30-23(18)16-7-5-6-8-19(16)35-14-22(27)28/h5-12,22,33-34H,13-14H2,1-4H3. The average Bonchev–Trinajstić information content (AvgIpc) is 3.13. The first-order valence-electron chi connectivity index (χ1n) is 11.1. The topological polar surface area (TPSA) is 95.8 Å². The number of fused-ring (bicyclic) bond motifs is 1. The van der Waals surface area contributed by atoms with Crippen LogP contribution in [0.5, 0.6) is 5.75 Å². The van der Waals surface area contributed by atoms with Crippen LogP contribution in [0.25, 0.3) is 11.3 Å². The van der Waals surface area contributed by atoms with Crippen molar-refractivity contribution in [1.82, 2.24) is 9.97 Å². The van der Waals surface area contributed by atoms with Crippen LogP contribution in [0.4, 0.5) is 14.5 Å². The molecule has 1 aliphatic rings. The summed E-state index contributed by atoms with van der Waals surface area (Å²) in [6, 6.07) is 11.6. The number of hydrogen-bond donors (Lipinski definition) is 2. The van der Waals surface area contributed by atoms with Crippen molar-refractivity contribution >= 4 is 11.6 Å². The normalized spacial score (nSPS) is 14.0. The number of anilines is 1. The van der Waals surface area contributed by atoms with Crippen LogP contribution >= 0.6 is 0 Å². The van der Waals surface area contributed by atoms with E-state index in [2.05, 4.69) is 9.97 Å². The van der Waals surface area contributed by atoms with E-state index >= 15 is 0 Å². The Kier molecular flexibility index (Phi) is 6.33. The van der Waals surface area contributed by atoms with Crippen LogP contribution in [-0.4, -0.2) is 39.1 Å². The molecule has 2 aromatic heterocycles. The minimum absolute atomic E-state index is 0.162. The van der Waals surface area contributed by atoms with E-state index in [0.717, 1.165) is 0 Å². The van der Waals surface area contributed by atoms with Gasteiger partial charge in [-0.05, 0) is 58.0 Å². The molecule has 0 saturated carbocycles. The number of hydrogen-bond acceptors (Lipinski definition) is 6. The summed E-state index contributed by atoms with van der Waals surface area (Å²) in [5.74, 6) is -0.101. The van der Waals surface area contributed by atoms with Crippen LogP contribution < -0.4 is 9.64 Å². The summed E-state index contributed by atoms with van der Waals surface area (Å²) in [6.45, 7) is 5.73. The minimum atomic E-state index is -2.65. The quantitative estimate of drug-likeness (QED) is 0.517. The fraction of sp³-hybridized carbons (Fsp3) is 0.346. The molecular formula is C26H27F2N3O4. The van der Waals surface area contributed by atoms with Crippen LogP contribution in [-0.2, 0) is 17.7 Å². The van der Waals surface area contributed by atoms with E-state index in [9.17, 15) is 23.8 Å². The first-order chi connectivity index (χ1) is 16.4. The summed E-state index contributed by atoms with van der Waals surface area (Å²) in [5, 5.41) is 20.8. The number of pyridine rings is 2. The summed E-state index contributed by atoms with van der Waals surface area (Å²) in [5.41, 5.74) is 0.524. The summed E-state index contributed by atoms with van der Waals surface area (Å²) in [7, 11) is 0. The third kappa shape index (κ3) is 5.01. The van der Waals surface area contributed by atoms with Crippen LogP contribution in [0.15, 0.2) is 48.7 Å². The molecule has 0 unspecified atom stereocenters. The number of aliphatic hydroxyl groups is 2. The van der Waals surface area contributed by atoms with E-state index in [1.165, 1.54) is 11.1 Å². The van der Waals surface area contributed by atoms with Gasteiger partial charge in [-0.3, -0.25) is 9.78 Å². The molecule has 2 N–H and O–H groups in total. The molecule has 7 nitrogen and oxygen atoms in total. The number of para-hydroxylation sites is 1. The molecule has 184 valence electrons. The summed E-state index contributed by atoms with van der Waals surface area (Å²) in [4.78, 5) is 23.9. The number of aromatic nitrogens is 2. The summed E-state index contributed by atoms with van der Waals surface area (Å²) in [6.07, 6.45) is -1.14. The lowest BCUT2D eigenvalue weighted by Crippen LogP contribution is -2.24. The van der Waals surface area contributed by atoms with E-state index in [4.69, 9.17) is 4.74 Å². The van der Waals surface area contributed by atoms with Gasteiger partial charge in [0.15, 0.2) is 0 Å². The van der Waals surface area contributed by atoms with Gasteiger partial charge >= 0.3 is 0 Å². The molecule has 1 aliphatic heterocycles. The van der Waals surface area contributed by atoms with Gasteiger partial charge in [-0.2, -0.15) is 0 Å². The molecule has 1 aromatic carbocycles. The highest BCUT2D eigenvalue weighted by atomic mass is 19.3. The van der Waals surface area contributed by atoms with Gasteiger partial charge in [0.05, 0.1) is 35.5 Å². The smallest absolute Gasteiger partial charge is 0.272 e. The molecule has 0 aliphatic carbocycles.